The lowest BCUT2D eigenvalue weighted by Gasteiger charge is -2.37. The van der Waals surface area contributed by atoms with Crippen LogP contribution in [0.15, 0.2) is 5.11 Å². The second kappa shape index (κ2) is 19.4. The van der Waals surface area contributed by atoms with Crippen molar-refractivity contribution in [2.75, 3.05) is 38.1 Å². The highest BCUT2D eigenvalue weighted by Crippen LogP contribution is 2.20. The van der Waals surface area contributed by atoms with Crippen LogP contribution in [-0.2, 0) is 28.8 Å². The molecule has 2 saturated heterocycles. The Morgan fingerprint density at radius 3 is 1.56 bits per heavy atom. The smallest absolute Gasteiger partial charge is 0.338 e. The third-order valence-corrected chi connectivity index (χ3v) is 6.19. The van der Waals surface area contributed by atoms with Crippen molar-refractivity contribution in [1.82, 2.24) is 14.9 Å². The highest BCUT2D eigenvalue weighted by Gasteiger charge is 2.36. The molecule has 2 aliphatic rings. The van der Waals surface area contributed by atoms with Crippen LogP contribution in [0.2, 0.25) is 0 Å². The van der Waals surface area contributed by atoms with E-state index in [2.05, 4.69) is 52.6 Å². The van der Waals surface area contributed by atoms with Gasteiger partial charge < -0.3 is 14.6 Å². The van der Waals surface area contributed by atoms with E-state index in [0.717, 1.165) is 6.42 Å². The summed E-state index contributed by atoms with van der Waals surface area (Å²) in [5.74, 6) is 1.39. The molecule has 0 N–H and O–H groups in total. The molecular formula is C32H55BrN6O6. The van der Waals surface area contributed by atoms with Crippen LogP contribution in [0.3, 0.4) is 0 Å². The molecule has 0 aromatic rings. The molecule has 0 radical (unpaired) electrons. The van der Waals surface area contributed by atoms with Crippen LogP contribution < -0.4 is 0 Å². The van der Waals surface area contributed by atoms with Gasteiger partial charge in [0.2, 0.25) is 11.8 Å². The van der Waals surface area contributed by atoms with Crippen LogP contribution in [0.4, 0.5) is 0 Å². The first-order valence-electron chi connectivity index (χ1n) is 15.0. The molecule has 0 spiro atoms. The summed E-state index contributed by atoms with van der Waals surface area (Å²) in [5, 5.41) is 4.35. The van der Waals surface area contributed by atoms with Crippen molar-refractivity contribution in [2.24, 2.45) is 26.8 Å². The van der Waals surface area contributed by atoms with Gasteiger partial charge in [0.05, 0.1) is 10.7 Å². The largest absolute Gasteiger partial charge is 0.339 e. The summed E-state index contributed by atoms with van der Waals surface area (Å²) in [6, 6.07) is 0. The molecule has 0 unspecified atom stereocenters. The van der Waals surface area contributed by atoms with Crippen molar-refractivity contribution in [2.45, 2.75) is 102 Å². The lowest BCUT2D eigenvalue weighted by atomic mass is 9.93. The van der Waals surface area contributed by atoms with E-state index >= 15 is 0 Å². The molecule has 2 aliphatic heterocycles. The minimum absolute atomic E-state index is 0.0999. The molecule has 2 fully saturated rings. The maximum atomic E-state index is 12.0. The van der Waals surface area contributed by atoms with Gasteiger partial charge in [-0.1, -0.05) is 83.4 Å². The van der Waals surface area contributed by atoms with E-state index in [1.165, 1.54) is 0 Å². The summed E-state index contributed by atoms with van der Waals surface area (Å²) in [6.07, 6.45) is 6.18. The number of nitrogens with zero attached hydrogens (tertiary/aromatic N) is 6. The molecule has 0 saturated carbocycles. The van der Waals surface area contributed by atoms with E-state index in [0.29, 0.717) is 48.5 Å². The molecule has 256 valence electrons. The van der Waals surface area contributed by atoms with Gasteiger partial charge in [0.25, 0.3) is 11.8 Å². The predicted molar refractivity (Wildman–Crippen MR) is 179 cm³/mol. The zero-order valence-corrected chi connectivity index (χ0v) is 31.0. The van der Waals surface area contributed by atoms with Crippen molar-refractivity contribution in [3.8, 4) is 12.3 Å². The first-order chi connectivity index (χ1) is 20.3. The molecule has 0 aromatic heterocycles. The quantitative estimate of drug-likeness (QED) is 0.0862. The van der Waals surface area contributed by atoms with Crippen molar-refractivity contribution in [1.29, 1.82) is 0 Å². The lowest BCUT2D eigenvalue weighted by molar-refractivity contribution is -0.203. The molecule has 0 aromatic carbocycles. The van der Waals surface area contributed by atoms with Gasteiger partial charge in [-0.2, -0.15) is 0 Å². The molecule has 0 bridgehead atoms. The Morgan fingerprint density at radius 2 is 1.29 bits per heavy atom. The van der Waals surface area contributed by atoms with Crippen molar-refractivity contribution < 1.29 is 28.8 Å². The molecule has 45 heavy (non-hydrogen) atoms. The number of azide groups is 1. The molecule has 0 atom stereocenters. The second-order valence-corrected chi connectivity index (χ2v) is 15.7. The lowest BCUT2D eigenvalue weighted by Crippen LogP contribution is -2.53. The highest BCUT2D eigenvalue weighted by atomic mass is 79.9. The third-order valence-electron chi connectivity index (χ3n) is 5.71. The van der Waals surface area contributed by atoms with Crippen molar-refractivity contribution >= 4 is 45.5 Å². The summed E-state index contributed by atoms with van der Waals surface area (Å²) < 4.78 is 0. The number of carbonyl (C=O) groups is 5. The van der Waals surface area contributed by atoms with Gasteiger partial charge in [-0.25, -0.2) is 4.79 Å². The summed E-state index contributed by atoms with van der Waals surface area (Å²) in [7, 11) is 0. The molecule has 4 amide bonds. The Kier molecular flexibility index (Phi) is 19.0. The van der Waals surface area contributed by atoms with E-state index in [1.807, 2.05) is 46.4 Å². The first-order valence-corrected chi connectivity index (χ1v) is 16.1. The number of terminal acetylenes is 1. The zero-order chi connectivity index (χ0) is 35.8. The minimum Gasteiger partial charge on any atom is -0.339 e. The normalized spacial score (nSPS) is 15.2. The number of amides is 4. The van der Waals surface area contributed by atoms with Gasteiger partial charge in [-0.05, 0) is 37.1 Å². The third kappa shape index (κ3) is 20.5. The number of piperazine rings is 1. The number of imide groups is 1. The molecule has 2 rings (SSSR count). The van der Waals surface area contributed by atoms with Gasteiger partial charge >= 0.3 is 5.97 Å². The summed E-state index contributed by atoms with van der Waals surface area (Å²) in [5.41, 5.74) is 7.28. The molecule has 2 heterocycles. The number of carbonyl (C=O) groups excluding carboxylic acids is 5. The average Bonchev–Trinajstić information content (AvgIpc) is 3.22. The fourth-order valence-electron chi connectivity index (χ4n) is 3.15. The Morgan fingerprint density at radius 1 is 0.844 bits per heavy atom. The summed E-state index contributed by atoms with van der Waals surface area (Å²) >= 11 is 3.15. The molecule has 13 heteroatoms. The maximum absolute atomic E-state index is 12.0. The van der Waals surface area contributed by atoms with Crippen LogP contribution >= 0.6 is 15.9 Å². The first kappa shape index (κ1) is 44.0. The zero-order valence-electron chi connectivity index (χ0n) is 29.5. The fraction of sp³-hybridized carbons (Fsp3) is 0.781. The molecular weight excluding hydrogens is 644 g/mol. The minimum atomic E-state index is -0.719. The van der Waals surface area contributed by atoms with E-state index in [-0.39, 0.29) is 35.5 Å². The highest BCUT2D eigenvalue weighted by molar-refractivity contribution is 9.09. The van der Waals surface area contributed by atoms with E-state index in [1.54, 1.807) is 25.7 Å². The number of alkyl halides is 1. The number of hydroxylamine groups is 2. The number of rotatable bonds is 3. The van der Waals surface area contributed by atoms with Gasteiger partial charge in [-0.3, -0.25) is 19.2 Å². The van der Waals surface area contributed by atoms with E-state index < -0.39 is 23.2 Å². The SMILES string of the molecule is C#CCC(C)(C)C.CC(C)(C)C(=O)N1CCN(C(=O)CBr)CC1.CC(C)(C)C(=O)ON1C(=O)CCC1=O.CC(C)(C)CN=[N+]=[N-]. The van der Waals surface area contributed by atoms with Gasteiger partial charge in [0.15, 0.2) is 0 Å². The number of halogens is 1. The molecule has 12 nitrogen and oxygen atoms in total. The van der Waals surface area contributed by atoms with Crippen LogP contribution in [0.5, 0.6) is 0 Å². The van der Waals surface area contributed by atoms with Crippen LogP contribution in [0.25, 0.3) is 10.4 Å². The standard InChI is InChI=1S/C11H19BrN2O2.C9H13NO4.C7H12.C5H11N3/c1-11(2,3)10(16)14-6-4-13(5-7-14)9(15)8-12;1-9(2,3)8(13)14-10-6(11)4-5-7(10)12;1-5-6-7(2,3)4;1-5(2,3)4-7-8-6/h4-8H2,1-3H3;4-5H2,1-3H3;1H,6H2,2-4H3;4H2,1-3H3. The second-order valence-electron chi connectivity index (χ2n) is 15.2. The van der Waals surface area contributed by atoms with E-state index in [4.69, 9.17) is 16.8 Å². The van der Waals surface area contributed by atoms with Crippen LogP contribution in [0, 0.1) is 34.0 Å². The Balaban J connectivity index is 0. The molecule has 0 aliphatic carbocycles. The Hall–Kier alpha value is -3.10. The summed E-state index contributed by atoms with van der Waals surface area (Å²) in [4.78, 5) is 67.9. The summed E-state index contributed by atoms with van der Waals surface area (Å²) in [6.45, 7) is 26.4. The van der Waals surface area contributed by atoms with Crippen molar-refractivity contribution in [3.63, 3.8) is 0 Å². The van der Waals surface area contributed by atoms with E-state index in [9.17, 15) is 24.0 Å². The average molecular weight is 700 g/mol. The maximum Gasteiger partial charge on any atom is 0.338 e. The van der Waals surface area contributed by atoms with Gasteiger partial charge in [0, 0.05) is 62.3 Å². The number of hydrogen-bond donors (Lipinski definition) is 0. The fourth-order valence-corrected chi connectivity index (χ4v) is 3.50. The monoisotopic (exact) mass is 698 g/mol. The topological polar surface area (TPSA) is 153 Å². The number of hydrogen-bond acceptors (Lipinski definition) is 7. The predicted octanol–water partition coefficient (Wildman–Crippen LogP) is 6.14. The Bertz CT molecular complexity index is 1080. The van der Waals surface area contributed by atoms with Crippen LogP contribution in [0.1, 0.15) is 102 Å². The van der Waals surface area contributed by atoms with Gasteiger partial charge in [-0.15, -0.1) is 17.4 Å². The van der Waals surface area contributed by atoms with Crippen LogP contribution in [-0.4, -0.2) is 82.5 Å². The van der Waals surface area contributed by atoms with Gasteiger partial charge in [0.1, 0.15) is 0 Å². The van der Waals surface area contributed by atoms with Crippen molar-refractivity contribution in [3.05, 3.63) is 10.4 Å². The Labute approximate surface area is 278 Å².